The van der Waals surface area contributed by atoms with Crippen LogP contribution in [0.1, 0.15) is 57.4 Å². The topological polar surface area (TPSA) is 75.7 Å². The van der Waals surface area contributed by atoms with Gasteiger partial charge in [0.1, 0.15) is 5.54 Å². The zero-order chi connectivity index (χ0) is 20.7. The number of esters is 1. The first-order valence-corrected chi connectivity index (χ1v) is 10.8. The predicted molar refractivity (Wildman–Crippen MR) is 110 cm³/mol. The standard InChI is InChI=1S/C23H32N2O4/c1-2-29-22(28)23(14-6-7-15-23)24-21(27)19-12-16-25(17-13-19)20(26)11-10-18-8-4-3-5-9-18/h3-5,8-9,19H,2,6-7,10-17H2,1H3,(H,24,27). The number of carbonyl (C=O) groups excluding carboxylic acids is 3. The highest BCUT2D eigenvalue weighted by Gasteiger charge is 2.45. The molecule has 1 saturated heterocycles. The molecule has 1 aliphatic heterocycles. The lowest BCUT2D eigenvalue weighted by Gasteiger charge is -2.34. The number of carbonyl (C=O) groups is 3. The van der Waals surface area contributed by atoms with Crippen molar-refractivity contribution in [3.8, 4) is 0 Å². The summed E-state index contributed by atoms with van der Waals surface area (Å²) in [5, 5.41) is 3.02. The molecule has 1 aromatic carbocycles. The molecule has 1 saturated carbocycles. The average molecular weight is 401 g/mol. The first kappa shape index (κ1) is 21.3. The molecule has 2 fully saturated rings. The van der Waals surface area contributed by atoms with Gasteiger partial charge in [-0.1, -0.05) is 43.2 Å². The molecule has 1 aliphatic carbocycles. The minimum Gasteiger partial charge on any atom is -0.464 e. The van der Waals surface area contributed by atoms with Crippen LogP contribution >= 0.6 is 0 Å². The number of aryl methyl sites for hydroxylation is 1. The Hall–Kier alpha value is -2.37. The Morgan fingerprint density at radius 1 is 1.10 bits per heavy atom. The maximum absolute atomic E-state index is 12.8. The Bertz CT molecular complexity index is 705. The van der Waals surface area contributed by atoms with Crippen molar-refractivity contribution in [2.75, 3.05) is 19.7 Å². The Labute approximate surface area is 173 Å². The summed E-state index contributed by atoms with van der Waals surface area (Å²) in [5.74, 6) is -0.387. The van der Waals surface area contributed by atoms with Gasteiger partial charge in [0.25, 0.3) is 0 Å². The number of likely N-dealkylation sites (tertiary alicyclic amines) is 1. The van der Waals surface area contributed by atoms with E-state index in [0.29, 0.717) is 51.8 Å². The molecule has 1 aromatic rings. The van der Waals surface area contributed by atoms with Gasteiger partial charge in [-0.2, -0.15) is 0 Å². The first-order chi connectivity index (χ1) is 14.0. The highest BCUT2D eigenvalue weighted by molar-refractivity contribution is 5.89. The third-order valence-electron chi connectivity index (χ3n) is 6.17. The number of benzene rings is 1. The summed E-state index contributed by atoms with van der Waals surface area (Å²) in [7, 11) is 0. The second-order valence-corrected chi connectivity index (χ2v) is 8.14. The molecule has 3 rings (SSSR count). The quantitative estimate of drug-likeness (QED) is 0.714. The van der Waals surface area contributed by atoms with Crippen molar-refractivity contribution in [2.45, 2.75) is 63.8 Å². The number of rotatable bonds is 7. The number of nitrogens with one attached hydrogen (secondary N) is 1. The summed E-state index contributed by atoms with van der Waals surface area (Å²) in [5.41, 5.74) is 0.311. The summed E-state index contributed by atoms with van der Waals surface area (Å²) in [6.07, 6.45) is 5.66. The number of piperidine rings is 1. The SMILES string of the molecule is CCOC(=O)C1(NC(=O)C2CCN(C(=O)CCc3ccccc3)CC2)CCCC1. The van der Waals surface area contributed by atoms with Crippen LogP contribution in [0.5, 0.6) is 0 Å². The Balaban J connectivity index is 1.47. The van der Waals surface area contributed by atoms with Crippen molar-refractivity contribution in [1.29, 1.82) is 0 Å². The molecule has 0 bridgehead atoms. The maximum Gasteiger partial charge on any atom is 0.331 e. The van der Waals surface area contributed by atoms with Crippen molar-refractivity contribution in [3.05, 3.63) is 35.9 Å². The summed E-state index contributed by atoms with van der Waals surface area (Å²) in [4.78, 5) is 39.6. The largest absolute Gasteiger partial charge is 0.464 e. The second kappa shape index (κ2) is 9.90. The van der Waals surface area contributed by atoms with Gasteiger partial charge in [-0.05, 0) is 44.6 Å². The van der Waals surface area contributed by atoms with E-state index in [-0.39, 0.29) is 23.7 Å². The third kappa shape index (κ3) is 5.37. The van der Waals surface area contributed by atoms with E-state index in [1.165, 1.54) is 0 Å². The summed E-state index contributed by atoms with van der Waals surface area (Å²) in [6.45, 7) is 3.29. The number of ether oxygens (including phenoxy) is 1. The molecule has 1 heterocycles. The van der Waals surface area contributed by atoms with Crippen molar-refractivity contribution in [3.63, 3.8) is 0 Å². The van der Waals surface area contributed by atoms with Gasteiger partial charge in [-0.15, -0.1) is 0 Å². The fraction of sp³-hybridized carbons (Fsp3) is 0.609. The van der Waals surface area contributed by atoms with E-state index in [1.54, 1.807) is 6.92 Å². The number of nitrogens with zero attached hydrogens (tertiary/aromatic N) is 1. The van der Waals surface area contributed by atoms with E-state index in [1.807, 2.05) is 35.2 Å². The van der Waals surface area contributed by atoms with Crippen molar-refractivity contribution in [1.82, 2.24) is 10.2 Å². The number of hydrogen-bond acceptors (Lipinski definition) is 4. The molecule has 29 heavy (non-hydrogen) atoms. The summed E-state index contributed by atoms with van der Waals surface area (Å²) in [6, 6.07) is 10.0. The van der Waals surface area contributed by atoms with E-state index in [0.717, 1.165) is 24.8 Å². The number of amides is 2. The molecule has 2 aliphatic rings. The molecular weight excluding hydrogens is 368 g/mol. The molecular formula is C23H32N2O4. The minimum atomic E-state index is -0.851. The van der Waals surface area contributed by atoms with Crippen LogP contribution in [-0.4, -0.2) is 47.9 Å². The smallest absolute Gasteiger partial charge is 0.331 e. The van der Waals surface area contributed by atoms with Crippen LogP contribution in [0.2, 0.25) is 0 Å². The van der Waals surface area contributed by atoms with Crippen molar-refractivity contribution in [2.24, 2.45) is 5.92 Å². The van der Waals surface area contributed by atoms with Crippen LogP contribution < -0.4 is 5.32 Å². The highest BCUT2D eigenvalue weighted by atomic mass is 16.5. The van der Waals surface area contributed by atoms with Gasteiger partial charge in [-0.3, -0.25) is 9.59 Å². The van der Waals surface area contributed by atoms with Gasteiger partial charge in [0.15, 0.2) is 0 Å². The zero-order valence-electron chi connectivity index (χ0n) is 17.3. The van der Waals surface area contributed by atoms with E-state index >= 15 is 0 Å². The molecule has 158 valence electrons. The van der Waals surface area contributed by atoms with Crippen molar-refractivity contribution >= 4 is 17.8 Å². The Kier molecular flexibility index (Phi) is 7.29. The van der Waals surface area contributed by atoms with E-state index in [4.69, 9.17) is 4.74 Å². The van der Waals surface area contributed by atoms with Crippen LogP contribution in [0.4, 0.5) is 0 Å². The van der Waals surface area contributed by atoms with Gasteiger partial charge in [0.05, 0.1) is 6.61 Å². The molecule has 2 amide bonds. The van der Waals surface area contributed by atoms with Gasteiger partial charge in [-0.25, -0.2) is 4.79 Å². The van der Waals surface area contributed by atoms with E-state index < -0.39 is 5.54 Å². The lowest BCUT2D eigenvalue weighted by molar-refractivity contribution is -0.154. The minimum absolute atomic E-state index is 0.0728. The summed E-state index contributed by atoms with van der Waals surface area (Å²) >= 11 is 0. The van der Waals surface area contributed by atoms with Gasteiger partial charge in [0, 0.05) is 25.4 Å². The maximum atomic E-state index is 12.8. The Morgan fingerprint density at radius 2 is 1.76 bits per heavy atom. The predicted octanol–water partition coefficient (Wildman–Crippen LogP) is 2.85. The fourth-order valence-electron chi connectivity index (χ4n) is 4.41. The molecule has 0 aromatic heterocycles. The van der Waals surface area contributed by atoms with Crippen LogP contribution in [-0.2, 0) is 25.5 Å². The molecule has 1 N–H and O–H groups in total. The normalized spacial score (nSPS) is 19.0. The molecule has 0 atom stereocenters. The number of hydrogen-bond donors (Lipinski definition) is 1. The van der Waals surface area contributed by atoms with E-state index in [9.17, 15) is 14.4 Å². The molecule has 0 radical (unpaired) electrons. The molecule has 6 heteroatoms. The zero-order valence-corrected chi connectivity index (χ0v) is 17.3. The van der Waals surface area contributed by atoms with Crippen LogP contribution in [0.15, 0.2) is 30.3 Å². The third-order valence-corrected chi connectivity index (χ3v) is 6.17. The lowest BCUT2D eigenvalue weighted by atomic mass is 9.92. The van der Waals surface area contributed by atoms with Crippen LogP contribution in [0.25, 0.3) is 0 Å². The van der Waals surface area contributed by atoms with Gasteiger partial charge < -0.3 is 15.0 Å². The second-order valence-electron chi connectivity index (χ2n) is 8.14. The molecule has 6 nitrogen and oxygen atoms in total. The fourth-order valence-corrected chi connectivity index (χ4v) is 4.41. The van der Waals surface area contributed by atoms with Crippen LogP contribution in [0, 0.1) is 5.92 Å². The Morgan fingerprint density at radius 3 is 2.38 bits per heavy atom. The average Bonchev–Trinajstić information content (AvgIpc) is 3.23. The van der Waals surface area contributed by atoms with Crippen LogP contribution in [0.3, 0.4) is 0 Å². The molecule has 0 spiro atoms. The molecule has 0 unspecified atom stereocenters. The van der Waals surface area contributed by atoms with Gasteiger partial charge >= 0.3 is 5.97 Å². The van der Waals surface area contributed by atoms with E-state index in [2.05, 4.69) is 5.32 Å². The van der Waals surface area contributed by atoms with Crippen molar-refractivity contribution < 1.29 is 19.1 Å². The lowest BCUT2D eigenvalue weighted by Crippen LogP contribution is -2.56. The summed E-state index contributed by atoms with van der Waals surface area (Å²) < 4.78 is 5.22. The first-order valence-electron chi connectivity index (χ1n) is 10.8. The highest BCUT2D eigenvalue weighted by Crippen LogP contribution is 2.32. The van der Waals surface area contributed by atoms with Gasteiger partial charge in [0.2, 0.25) is 11.8 Å². The monoisotopic (exact) mass is 400 g/mol.